The van der Waals surface area contributed by atoms with Gasteiger partial charge in [0.2, 0.25) is 0 Å². The Hall–Kier alpha value is -1.42. The van der Waals surface area contributed by atoms with Crippen molar-refractivity contribution < 1.29 is 4.39 Å². The minimum absolute atomic E-state index is 0.238. The zero-order valence-electron chi connectivity index (χ0n) is 11.9. The van der Waals surface area contributed by atoms with Crippen molar-refractivity contribution >= 4 is 11.0 Å². The lowest BCUT2D eigenvalue weighted by Crippen LogP contribution is -2.19. The van der Waals surface area contributed by atoms with E-state index < -0.39 is 0 Å². The van der Waals surface area contributed by atoms with Gasteiger partial charge in [-0.15, -0.1) is 0 Å². The van der Waals surface area contributed by atoms with Gasteiger partial charge in [0.05, 0.1) is 11.0 Å². The summed E-state index contributed by atoms with van der Waals surface area (Å²) < 4.78 is 15.5. The van der Waals surface area contributed by atoms with Gasteiger partial charge in [-0.3, -0.25) is 0 Å². The molecule has 1 unspecified atom stereocenters. The van der Waals surface area contributed by atoms with E-state index in [1.165, 1.54) is 12.1 Å². The van der Waals surface area contributed by atoms with Gasteiger partial charge in [-0.05, 0) is 38.4 Å². The Morgan fingerprint density at radius 2 is 2.11 bits per heavy atom. The number of hydrogen-bond donors (Lipinski definition) is 1. The molecule has 0 aliphatic carbocycles. The van der Waals surface area contributed by atoms with Crippen LogP contribution >= 0.6 is 0 Å². The summed E-state index contributed by atoms with van der Waals surface area (Å²) in [6, 6.07) is 5.11. The van der Waals surface area contributed by atoms with Gasteiger partial charge in [0.25, 0.3) is 0 Å². The van der Waals surface area contributed by atoms with E-state index in [4.69, 9.17) is 5.73 Å². The molecule has 0 aliphatic heterocycles. The van der Waals surface area contributed by atoms with Crippen LogP contribution in [0.3, 0.4) is 0 Å². The van der Waals surface area contributed by atoms with Crippen molar-refractivity contribution in [2.45, 2.75) is 39.7 Å². The summed E-state index contributed by atoms with van der Waals surface area (Å²) >= 11 is 0. The minimum atomic E-state index is -0.238. The molecule has 0 aliphatic rings. The van der Waals surface area contributed by atoms with Crippen LogP contribution < -0.4 is 5.73 Å². The summed E-state index contributed by atoms with van der Waals surface area (Å²) in [7, 11) is 0. The van der Waals surface area contributed by atoms with E-state index in [-0.39, 0.29) is 5.82 Å². The number of hydrogen-bond acceptors (Lipinski definition) is 2. The van der Waals surface area contributed by atoms with E-state index in [2.05, 4.69) is 30.3 Å². The Morgan fingerprint density at radius 3 is 2.68 bits per heavy atom. The number of benzene rings is 1. The van der Waals surface area contributed by atoms with Crippen LogP contribution in [0.15, 0.2) is 18.2 Å². The Balaban J connectivity index is 2.49. The molecule has 19 heavy (non-hydrogen) atoms. The predicted octanol–water partition coefficient (Wildman–Crippen LogP) is 3.28. The largest absolute Gasteiger partial charge is 0.330 e. The Morgan fingerprint density at radius 1 is 1.37 bits per heavy atom. The molecule has 0 bridgehead atoms. The van der Waals surface area contributed by atoms with Gasteiger partial charge < -0.3 is 10.3 Å². The molecule has 1 aromatic heterocycles. The third kappa shape index (κ3) is 2.78. The first-order valence-corrected chi connectivity index (χ1v) is 6.93. The van der Waals surface area contributed by atoms with Crippen LogP contribution in [-0.2, 0) is 6.42 Å². The van der Waals surface area contributed by atoms with Gasteiger partial charge in [-0.1, -0.05) is 13.3 Å². The van der Waals surface area contributed by atoms with Crippen molar-refractivity contribution in [1.82, 2.24) is 9.55 Å². The van der Waals surface area contributed by atoms with E-state index >= 15 is 0 Å². The molecule has 0 saturated carbocycles. The summed E-state index contributed by atoms with van der Waals surface area (Å²) in [5.41, 5.74) is 7.51. The van der Waals surface area contributed by atoms with Crippen molar-refractivity contribution in [2.24, 2.45) is 11.7 Å². The molecule has 0 spiro atoms. The quantitative estimate of drug-likeness (QED) is 0.899. The lowest BCUT2D eigenvalue weighted by Gasteiger charge is -2.16. The zero-order valence-corrected chi connectivity index (χ0v) is 11.9. The van der Waals surface area contributed by atoms with Crippen molar-refractivity contribution in [3.63, 3.8) is 0 Å². The second kappa shape index (κ2) is 5.70. The summed E-state index contributed by atoms with van der Waals surface area (Å²) in [6.45, 7) is 7.04. The van der Waals surface area contributed by atoms with Crippen LogP contribution in [-0.4, -0.2) is 16.1 Å². The maximum Gasteiger partial charge on any atom is 0.125 e. The van der Waals surface area contributed by atoms with E-state index in [1.807, 2.05) is 6.07 Å². The average Bonchev–Trinajstić information content (AvgIpc) is 2.72. The van der Waals surface area contributed by atoms with Crippen LogP contribution in [0, 0.1) is 11.7 Å². The number of rotatable bonds is 5. The van der Waals surface area contributed by atoms with Crippen molar-refractivity contribution in [3.05, 3.63) is 29.8 Å². The molecule has 0 amide bonds. The fourth-order valence-corrected chi connectivity index (χ4v) is 2.49. The fraction of sp³-hybridized carbons (Fsp3) is 0.533. The molecule has 0 radical (unpaired) electrons. The Labute approximate surface area is 113 Å². The monoisotopic (exact) mass is 263 g/mol. The van der Waals surface area contributed by atoms with E-state index in [9.17, 15) is 4.39 Å². The summed E-state index contributed by atoms with van der Waals surface area (Å²) in [5.74, 6) is 1.20. The molecule has 4 heteroatoms. The highest BCUT2D eigenvalue weighted by Gasteiger charge is 2.16. The molecule has 2 N–H and O–H groups in total. The molecular weight excluding hydrogens is 241 g/mol. The van der Waals surface area contributed by atoms with Gasteiger partial charge in [0.15, 0.2) is 0 Å². The highest BCUT2D eigenvalue weighted by atomic mass is 19.1. The first-order valence-electron chi connectivity index (χ1n) is 6.93. The average molecular weight is 263 g/mol. The van der Waals surface area contributed by atoms with Crippen LogP contribution in [0.25, 0.3) is 11.0 Å². The van der Waals surface area contributed by atoms with Crippen LogP contribution in [0.5, 0.6) is 0 Å². The van der Waals surface area contributed by atoms with Crippen LogP contribution in [0.1, 0.15) is 39.1 Å². The van der Waals surface area contributed by atoms with Crippen molar-refractivity contribution in [2.75, 3.05) is 6.54 Å². The van der Waals surface area contributed by atoms with Gasteiger partial charge in [-0.2, -0.15) is 0 Å². The van der Waals surface area contributed by atoms with E-state index in [1.54, 1.807) is 0 Å². The predicted molar refractivity (Wildman–Crippen MR) is 76.6 cm³/mol. The highest BCUT2D eigenvalue weighted by molar-refractivity contribution is 5.76. The summed E-state index contributed by atoms with van der Waals surface area (Å²) in [4.78, 5) is 4.60. The van der Waals surface area contributed by atoms with Crippen LogP contribution in [0.4, 0.5) is 4.39 Å². The molecule has 0 fully saturated rings. The molecule has 0 saturated heterocycles. The third-order valence-corrected chi connectivity index (χ3v) is 3.62. The van der Waals surface area contributed by atoms with Crippen molar-refractivity contribution in [3.8, 4) is 0 Å². The lowest BCUT2D eigenvalue weighted by molar-refractivity contribution is 0.478. The molecule has 1 heterocycles. The third-order valence-electron chi connectivity index (χ3n) is 3.62. The second-order valence-electron chi connectivity index (χ2n) is 5.34. The first-order chi connectivity index (χ1) is 9.06. The number of nitrogens with two attached hydrogens (primary N) is 1. The first kappa shape index (κ1) is 14.0. The Kier molecular flexibility index (Phi) is 4.20. The highest BCUT2D eigenvalue weighted by Crippen LogP contribution is 2.24. The summed E-state index contributed by atoms with van der Waals surface area (Å²) in [6.07, 6.45) is 1.88. The maximum absolute atomic E-state index is 13.3. The number of nitrogens with zero attached hydrogens (tertiary/aromatic N) is 2. The molecule has 2 aromatic rings. The smallest absolute Gasteiger partial charge is 0.125 e. The standard InChI is InChI=1S/C15H22FN3/c1-4-11(9-17)7-15-18-13-8-12(16)5-6-14(13)19(15)10(2)3/h5-6,8,10-11H,4,7,9,17H2,1-3H3. The number of fused-ring (bicyclic) bond motifs is 1. The normalized spacial score (nSPS) is 13.4. The van der Waals surface area contributed by atoms with Crippen molar-refractivity contribution in [1.29, 1.82) is 0 Å². The van der Waals surface area contributed by atoms with Gasteiger partial charge >= 0.3 is 0 Å². The van der Waals surface area contributed by atoms with E-state index in [0.29, 0.717) is 18.5 Å². The second-order valence-corrected chi connectivity index (χ2v) is 5.34. The molecule has 1 atom stereocenters. The minimum Gasteiger partial charge on any atom is -0.330 e. The van der Waals surface area contributed by atoms with Gasteiger partial charge in [0, 0.05) is 18.5 Å². The van der Waals surface area contributed by atoms with Gasteiger partial charge in [-0.25, -0.2) is 9.37 Å². The number of imidazole rings is 1. The van der Waals surface area contributed by atoms with Gasteiger partial charge in [0.1, 0.15) is 11.6 Å². The lowest BCUT2D eigenvalue weighted by atomic mass is 10.0. The fourth-order valence-electron chi connectivity index (χ4n) is 2.49. The molecule has 1 aromatic carbocycles. The number of aromatic nitrogens is 2. The number of halogens is 1. The molecular formula is C15H22FN3. The van der Waals surface area contributed by atoms with E-state index in [0.717, 1.165) is 29.7 Å². The van der Waals surface area contributed by atoms with Crippen LogP contribution in [0.2, 0.25) is 0 Å². The molecule has 3 nitrogen and oxygen atoms in total. The molecule has 104 valence electrons. The topological polar surface area (TPSA) is 43.8 Å². The summed E-state index contributed by atoms with van der Waals surface area (Å²) in [5, 5.41) is 0. The molecule has 2 rings (SSSR count). The SMILES string of the molecule is CCC(CN)Cc1nc2cc(F)ccc2n1C(C)C. The maximum atomic E-state index is 13.3. The Bertz CT molecular complexity index is 556. The zero-order chi connectivity index (χ0) is 14.0.